The predicted molar refractivity (Wildman–Crippen MR) is 58.8 cm³/mol. The van der Waals surface area contributed by atoms with Crippen molar-refractivity contribution in [3.63, 3.8) is 0 Å². The van der Waals surface area contributed by atoms with Crippen LogP contribution in [0.25, 0.3) is 11.3 Å². The summed E-state index contributed by atoms with van der Waals surface area (Å²) >= 11 is 0. The Hall–Kier alpha value is -1.94. The molecule has 0 unspecified atom stereocenters. The lowest BCUT2D eigenvalue weighted by atomic mass is 10.1. The fraction of sp³-hybridized carbons (Fsp3) is 0.0909. The SMILES string of the molecule is Cc1cc(NN)[nH+]nc1-c1ccccc1. The van der Waals surface area contributed by atoms with E-state index in [-0.39, 0.29) is 0 Å². The summed E-state index contributed by atoms with van der Waals surface area (Å²) in [5.74, 6) is 5.99. The number of aromatic nitrogens is 2. The van der Waals surface area contributed by atoms with Crippen molar-refractivity contribution in [1.82, 2.24) is 5.10 Å². The molecular weight excluding hydrogens is 188 g/mol. The van der Waals surface area contributed by atoms with E-state index in [0.717, 1.165) is 16.8 Å². The highest BCUT2D eigenvalue weighted by Crippen LogP contribution is 2.19. The summed E-state index contributed by atoms with van der Waals surface area (Å²) in [6.45, 7) is 2.00. The highest BCUT2D eigenvalue weighted by atomic mass is 15.3. The van der Waals surface area contributed by atoms with Crippen LogP contribution in [0, 0.1) is 6.92 Å². The van der Waals surface area contributed by atoms with Crippen molar-refractivity contribution in [1.29, 1.82) is 0 Å². The van der Waals surface area contributed by atoms with E-state index in [1.54, 1.807) is 0 Å². The van der Waals surface area contributed by atoms with Gasteiger partial charge in [-0.3, -0.25) is 0 Å². The van der Waals surface area contributed by atoms with Gasteiger partial charge >= 0.3 is 5.82 Å². The van der Waals surface area contributed by atoms with Crippen LogP contribution in [0.1, 0.15) is 5.56 Å². The number of aryl methyl sites for hydroxylation is 1. The summed E-state index contributed by atoms with van der Waals surface area (Å²) in [6.07, 6.45) is 0. The van der Waals surface area contributed by atoms with Gasteiger partial charge in [0.1, 0.15) is 5.69 Å². The summed E-state index contributed by atoms with van der Waals surface area (Å²) in [5.41, 5.74) is 5.64. The Balaban J connectivity index is 2.46. The Labute approximate surface area is 88.1 Å². The van der Waals surface area contributed by atoms with Crippen LogP contribution in [0.2, 0.25) is 0 Å². The molecule has 0 saturated heterocycles. The van der Waals surface area contributed by atoms with Crippen LogP contribution in [0.3, 0.4) is 0 Å². The minimum atomic E-state index is 0.701. The largest absolute Gasteiger partial charge is 0.311 e. The van der Waals surface area contributed by atoms with E-state index in [0.29, 0.717) is 5.82 Å². The molecule has 0 spiro atoms. The number of hydrogen-bond donors (Lipinski definition) is 2. The Kier molecular flexibility index (Phi) is 2.60. The zero-order chi connectivity index (χ0) is 10.7. The van der Waals surface area contributed by atoms with Crippen molar-refractivity contribution in [2.45, 2.75) is 6.92 Å². The summed E-state index contributed by atoms with van der Waals surface area (Å²) in [4.78, 5) is 0. The molecule has 15 heavy (non-hydrogen) atoms. The number of nitrogens with zero attached hydrogens (tertiary/aromatic N) is 1. The molecule has 2 aromatic rings. The first-order valence-corrected chi connectivity index (χ1v) is 4.72. The number of hydrazine groups is 1. The molecular formula is C11H13N4+. The van der Waals surface area contributed by atoms with Gasteiger partial charge < -0.3 is 0 Å². The first kappa shape index (κ1) is 9.61. The quantitative estimate of drug-likeness (QED) is 0.566. The monoisotopic (exact) mass is 201 g/mol. The smallest absolute Gasteiger partial charge is 0.198 e. The van der Waals surface area contributed by atoms with Crippen LogP contribution in [0.5, 0.6) is 0 Å². The highest BCUT2D eigenvalue weighted by molar-refractivity contribution is 5.62. The first-order valence-electron chi connectivity index (χ1n) is 4.72. The molecule has 0 bridgehead atoms. The zero-order valence-corrected chi connectivity index (χ0v) is 8.49. The second-order valence-corrected chi connectivity index (χ2v) is 3.32. The third kappa shape index (κ3) is 1.94. The average molecular weight is 201 g/mol. The summed E-state index contributed by atoms with van der Waals surface area (Å²) in [7, 11) is 0. The van der Waals surface area contributed by atoms with Gasteiger partial charge in [-0.2, -0.15) is 11.3 Å². The van der Waals surface area contributed by atoms with Crippen molar-refractivity contribution in [3.05, 3.63) is 42.0 Å². The predicted octanol–water partition coefficient (Wildman–Crippen LogP) is 1.16. The molecule has 4 nitrogen and oxygen atoms in total. The van der Waals surface area contributed by atoms with E-state index in [1.165, 1.54) is 0 Å². The summed E-state index contributed by atoms with van der Waals surface area (Å²) in [6, 6.07) is 11.9. The molecule has 1 aromatic heterocycles. The Morgan fingerprint density at radius 3 is 2.60 bits per heavy atom. The van der Waals surface area contributed by atoms with Crippen LogP contribution >= 0.6 is 0 Å². The van der Waals surface area contributed by atoms with Gasteiger partial charge in [-0.25, -0.2) is 0 Å². The third-order valence-corrected chi connectivity index (χ3v) is 2.23. The fourth-order valence-corrected chi connectivity index (χ4v) is 1.48. The van der Waals surface area contributed by atoms with E-state index in [4.69, 9.17) is 5.84 Å². The van der Waals surface area contributed by atoms with Gasteiger partial charge in [0.2, 0.25) is 0 Å². The lowest BCUT2D eigenvalue weighted by Gasteiger charge is -2.02. The molecule has 0 amide bonds. The molecule has 2 rings (SSSR count). The van der Waals surface area contributed by atoms with Crippen molar-refractivity contribution in [2.24, 2.45) is 5.84 Å². The number of nitrogens with one attached hydrogen (secondary N) is 2. The molecule has 0 aliphatic carbocycles. The van der Waals surface area contributed by atoms with E-state index >= 15 is 0 Å². The van der Waals surface area contributed by atoms with Crippen LogP contribution in [-0.4, -0.2) is 5.10 Å². The standard InChI is InChI=1S/C11H12N4/c1-8-7-10(13-12)14-15-11(8)9-5-3-2-4-6-9/h2-7H,12H2,1H3,(H,13,14)/p+1. The lowest BCUT2D eigenvalue weighted by Crippen LogP contribution is -2.21. The minimum Gasteiger partial charge on any atom is -0.198 e. The maximum atomic E-state index is 5.29. The molecule has 4 heteroatoms. The van der Waals surface area contributed by atoms with Gasteiger partial charge in [0.15, 0.2) is 0 Å². The number of aromatic amines is 1. The van der Waals surface area contributed by atoms with Crippen molar-refractivity contribution in [2.75, 3.05) is 5.43 Å². The maximum Gasteiger partial charge on any atom is 0.311 e. The molecule has 1 aromatic carbocycles. The van der Waals surface area contributed by atoms with E-state index in [9.17, 15) is 0 Å². The van der Waals surface area contributed by atoms with Gasteiger partial charge in [0, 0.05) is 11.6 Å². The third-order valence-electron chi connectivity index (χ3n) is 2.23. The minimum absolute atomic E-state index is 0.701. The molecule has 0 fully saturated rings. The summed E-state index contributed by atoms with van der Waals surface area (Å²) < 4.78 is 0. The Morgan fingerprint density at radius 2 is 2.00 bits per heavy atom. The molecule has 0 saturated carbocycles. The molecule has 0 aliphatic heterocycles. The van der Waals surface area contributed by atoms with Crippen LogP contribution in [-0.2, 0) is 0 Å². The molecule has 0 aliphatic rings. The Morgan fingerprint density at radius 1 is 1.27 bits per heavy atom. The van der Waals surface area contributed by atoms with Crippen LogP contribution < -0.4 is 16.4 Å². The van der Waals surface area contributed by atoms with Gasteiger partial charge in [-0.1, -0.05) is 35.4 Å². The van der Waals surface area contributed by atoms with Crippen molar-refractivity contribution in [3.8, 4) is 11.3 Å². The number of H-pyrrole nitrogens is 1. The first-order chi connectivity index (χ1) is 7.31. The van der Waals surface area contributed by atoms with Crippen LogP contribution in [0.15, 0.2) is 36.4 Å². The van der Waals surface area contributed by atoms with Crippen molar-refractivity contribution < 1.29 is 5.10 Å². The number of nitrogen functional groups attached to an aromatic ring is 1. The van der Waals surface area contributed by atoms with Gasteiger partial charge in [-0.05, 0) is 12.5 Å². The van der Waals surface area contributed by atoms with E-state index in [1.807, 2.05) is 43.3 Å². The summed E-state index contributed by atoms with van der Waals surface area (Å²) in [5, 5.41) is 7.09. The number of rotatable bonds is 2. The van der Waals surface area contributed by atoms with Crippen LogP contribution in [0.4, 0.5) is 5.82 Å². The van der Waals surface area contributed by atoms with Crippen molar-refractivity contribution >= 4 is 5.82 Å². The molecule has 76 valence electrons. The van der Waals surface area contributed by atoms with Gasteiger partial charge in [0.25, 0.3) is 0 Å². The van der Waals surface area contributed by atoms with Gasteiger partial charge in [0.05, 0.1) is 0 Å². The second kappa shape index (κ2) is 4.06. The lowest BCUT2D eigenvalue weighted by molar-refractivity contribution is -0.438. The Bertz CT molecular complexity index is 453. The normalized spacial score (nSPS) is 10.0. The molecule has 4 N–H and O–H groups in total. The van der Waals surface area contributed by atoms with E-state index in [2.05, 4.69) is 15.6 Å². The maximum absolute atomic E-state index is 5.29. The average Bonchev–Trinajstić information content (AvgIpc) is 2.30. The molecule has 1 heterocycles. The number of nitrogens with two attached hydrogens (primary N) is 1. The topological polar surface area (TPSA) is 65.1 Å². The number of hydrogen-bond acceptors (Lipinski definition) is 3. The highest BCUT2D eigenvalue weighted by Gasteiger charge is 2.07. The molecule has 0 atom stereocenters. The van der Waals surface area contributed by atoms with Gasteiger partial charge in [-0.15, -0.1) is 5.10 Å². The fourth-order valence-electron chi connectivity index (χ4n) is 1.48. The van der Waals surface area contributed by atoms with E-state index < -0.39 is 0 Å². The number of benzene rings is 1. The number of anilines is 1. The zero-order valence-electron chi connectivity index (χ0n) is 8.49. The molecule has 0 radical (unpaired) electrons. The second-order valence-electron chi connectivity index (χ2n) is 3.32.